The summed E-state index contributed by atoms with van der Waals surface area (Å²) in [7, 11) is 1.62. The van der Waals surface area contributed by atoms with E-state index in [9.17, 15) is 14.0 Å². The molecule has 0 saturated heterocycles. The summed E-state index contributed by atoms with van der Waals surface area (Å²) >= 11 is 1.28. The van der Waals surface area contributed by atoms with E-state index in [2.05, 4.69) is 0 Å². The van der Waals surface area contributed by atoms with Crippen LogP contribution in [0.4, 0.5) is 4.39 Å². The van der Waals surface area contributed by atoms with E-state index in [1.54, 1.807) is 37.7 Å². The Morgan fingerprint density at radius 1 is 1.05 bits per heavy atom. The van der Waals surface area contributed by atoms with E-state index in [1.807, 2.05) is 67.0 Å². The van der Waals surface area contributed by atoms with Crippen molar-refractivity contribution in [3.05, 3.63) is 126 Å². The van der Waals surface area contributed by atoms with Crippen LogP contribution in [-0.2, 0) is 9.53 Å². The number of hydrogen-bond acceptors (Lipinski definition) is 6. The molecule has 2 aromatic heterocycles. The van der Waals surface area contributed by atoms with Crippen LogP contribution >= 0.6 is 11.3 Å². The van der Waals surface area contributed by atoms with Crippen molar-refractivity contribution in [2.45, 2.75) is 33.7 Å². The third kappa shape index (κ3) is 4.79. The zero-order valence-corrected chi connectivity index (χ0v) is 25.3. The lowest BCUT2D eigenvalue weighted by atomic mass is 9.91. The predicted octanol–water partition coefficient (Wildman–Crippen LogP) is 5.51. The zero-order valence-electron chi connectivity index (χ0n) is 24.5. The minimum absolute atomic E-state index is 0.194. The van der Waals surface area contributed by atoms with Gasteiger partial charge in [-0.1, -0.05) is 41.7 Å². The van der Waals surface area contributed by atoms with Crippen LogP contribution in [0.15, 0.2) is 87.8 Å². The Hall–Kier alpha value is -4.76. The second kappa shape index (κ2) is 11.1. The standard InChI is InChI=1S/C34H30FN3O4S/c1-6-42-33(40)30-20(3)36-34-38(31(30)27-15-16-28(41-5)26-10-8-7-9-25(26)27)32(39)29(43-34)18-22-17-19(2)37(21(22)4)24-13-11-23(35)12-14-24/h7-18,31H,6H2,1-5H3. The fourth-order valence-corrected chi connectivity index (χ4v) is 6.90. The maximum atomic E-state index is 14.2. The largest absolute Gasteiger partial charge is 0.496 e. The van der Waals surface area contributed by atoms with Gasteiger partial charge in [-0.05, 0) is 86.7 Å². The molecule has 7 nitrogen and oxygen atoms in total. The van der Waals surface area contributed by atoms with Gasteiger partial charge < -0.3 is 14.0 Å². The van der Waals surface area contributed by atoms with Crippen LogP contribution < -0.4 is 19.6 Å². The number of ether oxygens (including phenoxy) is 2. The van der Waals surface area contributed by atoms with Gasteiger partial charge in [-0.2, -0.15) is 0 Å². The Labute approximate surface area is 251 Å². The molecule has 0 bridgehead atoms. The molecule has 6 rings (SSSR count). The van der Waals surface area contributed by atoms with E-state index >= 15 is 0 Å². The number of hydrogen-bond donors (Lipinski definition) is 0. The SMILES string of the molecule is CCOC(=O)C1=C(C)N=c2sc(=Cc3cc(C)n(-c4ccc(F)cc4)c3C)c(=O)n2C1c1ccc(OC)c2ccccc12. The summed E-state index contributed by atoms with van der Waals surface area (Å²) in [6.07, 6.45) is 1.86. The highest BCUT2D eigenvalue weighted by atomic mass is 32.1. The van der Waals surface area contributed by atoms with Gasteiger partial charge in [0.25, 0.3) is 5.56 Å². The minimum Gasteiger partial charge on any atom is -0.496 e. The molecule has 1 aliphatic rings. The van der Waals surface area contributed by atoms with E-state index in [1.165, 1.54) is 23.5 Å². The molecule has 0 aliphatic carbocycles. The molecule has 3 heterocycles. The van der Waals surface area contributed by atoms with Crippen LogP contribution in [0.3, 0.4) is 0 Å². The molecule has 0 radical (unpaired) electrons. The van der Waals surface area contributed by atoms with Gasteiger partial charge in [0.15, 0.2) is 4.80 Å². The van der Waals surface area contributed by atoms with Gasteiger partial charge in [0.05, 0.1) is 35.6 Å². The fourth-order valence-electron chi connectivity index (χ4n) is 5.86. The van der Waals surface area contributed by atoms with Gasteiger partial charge in [-0.15, -0.1) is 0 Å². The number of esters is 1. The third-order valence-corrected chi connectivity index (χ3v) is 8.77. The number of rotatable bonds is 6. The van der Waals surface area contributed by atoms with Crippen LogP contribution in [-0.4, -0.2) is 28.8 Å². The van der Waals surface area contributed by atoms with Gasteiger partial charge in [-0.25, -0.2) is 14.2 Å². The summed E-state index contributed by atoms with van der Waals surface area (Å²) in [5.74, 6) is -0.114. The molecule has 0 spiro atoms. The topological polar surface area (TPSA) is 74.8 Å². The molecule has 0 amide bonds. The summed E-state index contributed by atoms with van der Waals surface area (Å²) in [6, 6.07) is 19.1. The highest BCUT2D eigenvalue weighted by Crippen LogP contribution is 2.38. The Morgan fingerprint density at radius 3 is 2.47 bits per heavy atom. The van der Waals surface area contributed by atoms with Gasteiger partial charge in [0, 0.05) is 22.5 Å². The van der Waals surface area contributed by atoms with Crippen molar-refractivity contribution >= 4 is 34.2 Å². The lowest BCUT2D eigenvalue weighted by Crippen LogP contribution is -2.40. The van der Waals surface area contributed by atoms with Gasteiger partial charge in [0.2, 0.25) is 0 Å². The van der Waals surface area contributed by atoms with Crippen molar-refractivity contribution in [2.75, 3.05) is 13.7 Å². The molecule has 43 heavy (non-hydrogen) atoms. The number of aromatic nitrogens is 2. The van der Waals surface area contributed by atoms with E-state index in [0.717, 1.165) is 39.0 Å². The maximum Gasteiger partial charge on any atom is 0.338 e. The van der Waals surface area contributed by atoms with Crippen molar-refractivity contribution in [1.29, 1.82) is 0 Å². The molecule has 0 N–H and O–H groups in total. The monoisotopic (exact) mass is 595 g/mol. The normalized spacial score (nSPS) is 15.0. The Morgan fingerprint density at radius 2 is 1.77 bits per heavy atom. The molecule has 0 saturated carbocycles. The number of fused-ring (bicyclic) bond motifs is 2. The summed E-state index contributed by atoms with van der Waals surface area (Å²) in [5.41, 5.74) is 4.90. The first-order chi connectivity index (χ1) is 20.7. The van der Waals surface area contributed by atoms with Crippen molar-refractivity contribution in [3.8, 4) is 11.4 Å². The number of nitrogens with zero attached hydrogens (tertiary/aromatic N) is 3. The average Bonchev–Trinajstić information content (AvgIpc) is 3.45. The Balaban J connectivity index is 1.58. The van der Waals surface area contributed by atoms with Crippen LogP contribution in [0.5, 0.6) is 5.75 Å². The minimum atomic E-state index is -0.750. The average molecular weight is 596 g/mol. The number of methoxy groups -OCH3 is 1. The highest BCUT2D eigenvalue weighted by Gasteiger charge is 2.34. The Kier molecular flexibility index (Phi) is 7.35. The Bertz CT molecular complexity index is 2120. The molecule has 218 valence electrons. The second-order valence-corrected chi connectivity index (χ2v) is 11.4. The first-order valence-electron chi connectivity index (χ1n) is 13.9. The van der Waals surface area contributed by atoms with Crippen LogP contribution in [0.1, 0.15) is 42.4 Å². The van der Waals surface area contributed by atoms with Crippen LogP contribution in [0.25, 0.3) is 22.5 Å². The number of allylic oxidation sites excluding steroid dienone is 1. The van der Waals surface area contributed by atoms with Crippen molar-refractivity contribution in [3.63, 3.8) is 0 Å². The lowest BCUT2D eigenvalue weighted by Gasteiger charge is -2.26. The molecule has 1 unspecified atom stereocenters. The third-order valence-electron chi connectivity index (χ3n) is 7.79. The fraction of sp³-hybridized carbons (Fsp3) is 0.206. The smallest absolute Gasteiger partial charge is 0.338 e. The van der Waals surface area contributed by atoms with Gasteiger partial charge >= 0.3 is 5.97 Å². The van der Waals surface area contributed by atoms with Gasteiger partial charge in [-0.3, -0.25) is 9.36 Å². The second-order valence-electron chi connectivity index (χ2n) is 10.3. The molecular weight excluding hydrogens is 565 g/mol. The van der Waals surface area contributed by atoms with Crippen LogP contribution in [0.2, 0.25) is 0 Å². The number of carbonyl (C=O) groups is 1. The summed E-state index contributed by atoms with van der Waals surface area (Å²) in [6.45, 7) is 7.66. The van der Waals surface area contributed by atoms with Crippen molar-refractivity contribution in [1.82, 2.24) is 9.13 Å². The number of halogens is 1. The number of aryl methyl sites for hydroxylation is 1. The molecule has 5 aromatic rings. The number of thiazole rings is 1. The summed E-state index contributed by atoms with van der Waals surface area (Å²) in [5, 5.41) is 1.73. The van der Waals surface area contributed by atoms with Crippen LogP contribution in [0, 0.1) is 19.7 Å². The molecule has 1 atom stereocenters. The van der Waals surface area contributed by atoms with Gasteiger partial charge in [0.1, 0.15) is 11.6 Å². The predicted molar refractivity (Wildman–Crippen MR) is 166 cm³/mol. The quantitative estimate of drug-likeness (QED) is 0.243. The lowest BCUT2D eigenvalue weighted by molar-refractivity contribution is -0.139. The highest BCUT2D eigenvalue weighted by molar-refractivity contribution is 7.07. The van der Waals surface area contributed by atoms with E-state index in [-0.39, 0.29) is 18.0 Å². The molecule has 3 aromatic carbocycles. The number of benzene rings is 3. The summed E-state index contributed by atoms with van der Waals surface area (Å²) in [4.78, 5) is 32.9. The van der Waals surface area contributed by atoms with E-state index in [4.69, 9.17) is 14.5 Å². The zero-order chi connectivity index (χ0) is 30.4. The van der Waals surface area contributed by atoms with Crippen molar-refractivity contribution < 1.29 is 18.7 Å². The van der Waals surface area contributed by atoms with E-state index < -0.39 is 12.0 Å². The molecule has 0 fully saturated rings. The van der Waals surface area contributed by atoms with E-state index in [0.29, 0.717) is 26.4 Å². The first-order valence-corrected chi connectivity index (χ1v) is 14.7. The number of carbonyl (C=O) groups excluding carboxylic acids is 1. The maximum absolute atomic E-state index is 14.2. The molecular formula is C34H30FN3O4S. The summed E-state index contributed by atoms with van der Waals surface area (Å²) < 4.78 is 28.8. The molecule has 9 heteroatoms. The first kappa shape index (κ1) is 28.4. The molecule has 1 aliphatic heterocycles. The van der Waals surface area contributed by atoms with Crippen molar-refractivity contribution in [2.24, 2.45) is 4.99 Å².